The summed E-state index contributed by atoms with van der Waals surface area (Å²) in [6.07, 6.45) is -0.292. The number of carboxylic acid groups (broad SMARTS) is 1. The van der Waals surface area contributed by atoms with Crippen molar-refractivity contribution in [3.8, 4) is 11.5 Å². The van der Waals surface area contributed by atoms with E-state index in [-0.39, 0.29) is 11.5 Å². The Hall–Kier alpha value is -3.06. The van der Waals surface area contributed by atoms with Crippen LogP contribution in [0.5, 0.6) is 11.5 Å². The number of benzene rings is 2. The smallest absolute Gasteiger partial charge is 0.335 e. The first-order valence-electron chi connectivity index (χ1n) is 8.22. The van der Waals surface area contributed by atoms with Gasteiger partial charge in [0.15, 0.2) is 6.10 Å². The number of hydrogen-bond donors (Lipinski definition) is 2. The van der Waals surface area contributed by atoms with Crippen LogP contribution in [0.15, 0.2) is 42.5 Å². The molecular formula is C19H20N2O5. The Labute approximate surface area is 150 Å². The van der Waals surface area contributed by atoms with E-state index in [9.17, 15) is 14.7 Å². The summed E-state index contributed by atoms with van der Waals surface area (Å²) in [6, 6.07) is 11.8. The molecular weight excluding hydrogens is 336 g/mol. The highest BCUT2D eigenvalue weighted by Crippen LogP contribution is 2.36. The molecule has 1 unspecified atom stereocenters. The summed E-state index contributed by atoms with van der Waals surface area (Å²) in [5.74, 6) is -0.103. The topological polar surface area (TPSA) is 102 Å². The maximum Gasteiger partial charge on any atom is 0.335 e. The van der Waals surface area contributed by atoms with Crippen molar-refractivity contribution >= 4 is 17.6 Å². The Balaban J connectivity index is 1.98. The number of amides is 1. The summed E-state index contributed by atoms with van der Waals surface area (Å²) < 4.78 is 10.9. The molecule has 0 radical (unpaired) electrons. The number of fused-ring (bicyclic) bond motifs is 1. The Morgan fingerprint density at radius 1 is 1.27 bits per heavy atom. The minimum atomic E-state index is -1.06. The molecule has 2 aromatic carbocycles. The average molecular weight is 356 g/mol. The number of nitrogens with zero attached hydrogens (tertiary/aromatic N) is 1. The number of anilines is 1. The van der Waals surface area contributed by atoms with Crippen molar-refractivity contribution in [2.45, 2.75) is 19.1 Å². The van der Waals surface area contributed by atoms with Crippen LogP contribution in [0.2, 0.25) is 0 Å². The van der Waals surface area contributed by atoms with Gasteiger partial charge in [-0.2, -0.15) is 0 Å². The van der Waals surface area contributed by atoms with E-state index in [1.807, 2.05) is 24.3 Å². The van der Waals surface area contributed by atoms with E-state index >= 15 is 0 Å². The monoisotopic (exact) mass is 356 g/mol. The fraction of sp³-hybridized carbons (Fsp3) is 0.263. The van der Waals surface area contributed by atoms with Gasteiger partial charge in [-0.1, -0.05) is 12.1 Å². The van der Waals surface area contributed by atoms with Crippen molar-refractivity contribution in [1.82, 2.24) is 0 Å². The molecule has 0 saturated heterocycles. The van der Waals surface area contributed by atoms with Gasteiger partial charge in [0.25, 0.3) is 5.91 Å². The maximum absolute atomic E-state index is 12.9. The standard InChI is InChI=1S/C19H20N2O5/c1-25-14-5-2-12(3-6-14)11-21-15-10-13(19(23)24)4-7-16(15)26-17(8-9-20)18(21)22/h2-7,10,17H,8-9,11,20H2,1H3,(H,23,24). The lowest BCUT2D eigenvalue weighted by atomic mass is 10.1. The number of methoxy groups -OCH3 is 1. The van der Waals surface area contributed by atoms with Crippen molar-refractivity contribution in [2.24, 2.45) is 5.73 Å². The third kappa shape index (κ3) is 3.48. The molecule has 0 aliphatic carbocycles. The second kappa shape index (κ2) is 7.45. The molecule has 3 N–H and O–H groups in total. The summed E-state index contributed by atoms with van der Waals surface area (Å²) in [7, 11) is 1.58. The van der Waals surface area contributed by atoms with Crippen molar-refractivity contribution in [3.63, 3.8) is 0 Å². The summed E-state index contributed by atoms with van der Waals surface area (Å²) in [6.45, 7) is 0.610. The molecule has 2 aromatic rings. The van der Waals surface area contributed by atoms with E-state index in [4.69, 9.17) is 15.2 Å². The number of nitrogens with two attached hydrogens (primary N) is 1. The third-order valence-electron chi connectivity index (χ3n) is 4.24. The lowest BCUT2D eigenvalue weighted by Gasteiger charge is -2.34. The normalized spacial score (nSPS) is 16.0. The summed E-state index contributed by atoms with van der Waals surface area (Å²) in [4.78, 5) is 25.7. The molecule has 0 fully saturated rings. The van der Waals surface area contributed by atoms with Gasteiger partial charge in [-0.25, -0.2) is 4.79 Å². The van der Waals surface area contributed by atoms with Crippen LogP contribution in [-0.2, 0) is 11.3 Å². The van der Waals surface area contributed by atoms with Crippen molar-refractivity contribution in [2.75, 3.05) is 18.6 Å². The molecule has 0 saturated carbocycles. The highest BCUT2D eigenvalue weighted by Gasteiger charge is 2.34. The number of carbonyl (C=O) groups is 2. The van der Waals surface area contributed by atoms with Crippen LogP contribution in [-0.4, -0.2) is 36.7 Å². The number of carboxylic acids is 1. The minimum absolute atomic E-state index is 0.0946. The molecule has 1 aliphatic rings. The van der Waals surface area contributed by atoms with Gasteiger partial charge >= 0.3 is 5.97 Å². The van der Waals surface area contributed by atoms with Gasteiger partial charge in [-0.15, -0.1) is 0 Å². The van der Waals surface area contributed by atoms with E-state index in [0.717, 1.165) is 11.3 Å². The molecule has 1 atom stereocenters. The van der Waals surface area contributed by atoms with Crippen molar-refractivity contribution in [3.05, 3.63) is 53.6 Å². The van der Waals surface area contributed by atoms with Gasteiger partial charge in [-0.05, 0) is 42.4 Å². The second-order valence-corrected chi connectivity index (χ2v) is 5.94. The summed E-state index contributed by atoms with van der Waals surface area (Å²) in [5.41, 5.74) is 7.02. The largest absolute Gasteiger partial charge is 0.497 e. The van der Waals surface area contributed by atoms with E-state index in [2.05, 4.69) is 0 Å². The Bertz CT molecular complexity index is 819. The van der Waals surface area contributed by atoms with Crippen LogP contribution in [0.25, 0.3) is 0 Å². The zero-order valence-corrected chi connectivity index (χ0v) is 14.3. The van der Waals surface area contributed by atoms with Gasteiger partial charge in [0.05, 0.1) is 24.9 Å². The SMILES string of the molecule is COc1ccc(CN2C(=O)C(CCN)Oc3ccc(C(=O)O)cc32)cc1. The highest BCUT2D eigenvalue weighted by molar-refractivity contribution is 6.01. The quantitative estimate of drug-likeness (QED) is 0.821. The minimum Gasteiger partial charge on any atom is -0.497 e. The molecule has 1 amide bonds. The number of aromatic carboxylic acids is 1. The van der Waals surface area contributed by atoms with Crippen LogP contribution in [0.4, 0.5) is 5.69 Å². The molecule has 136 valence electrons. The Morgan fingerprint density at radius 2 is 2.00 bits per heavy atom. The lowest BCUT2D eigenvalue weighted by Crippen LogP contribution is -2.46. The summed E-state index contributed by atoms with van der Waals surface area (Å²) >= 11 is 0. The first-order valence-corrected chi connectivity index (χ1v) is 8.22. The zero-order valence-electron chi connectivity index (χ0n) is 14.3. The van der Waals surface area contributed by atoms with E-state index in [0.29, 0.717) is 30.9 Å². The molecule has 7 nitrogen and oxygen atoms in total. The third-order valence-corrected chi connectivity index (χ3v) is 4.24. The molecule has 1 heterocycles. The average Bonchev–Trinajstić information content (AvgIpc) is 2.65. The highest BCUT2D eigenvalue weighted by atomic mass is 16.5. The fourth-order valence-electron chi connectivity index (χ4n) is 2.87. The van der Waals surface area contributed by atoms with Gasteiger partial charge in [0, 0.05) is 6.42 Å². The molecule has 0 bridgehead atoms. The molecule has 0 spiro atoms. The van der Waals surface area contributed by atoms with Gasteiger partial charge < -0.3 is 25.2 Å². The first kappa shape index (κ1) is 17.8. The van der Waals surface area contributed by atoms with Crippen LogP contribution in [0.1, 0.15) is 22.3 Å². The van der Waals surface area contributed by atoms with Crippen molar-refractivity contribution in [1.29, 1.82) is 0 Å². The predicted octanol–water partition coefficient (Wildman–Crippen LogP) is 2.04. The molecule has 7 heteroatoms. The van der Waals surface area contributed by atoms with Crippen LogP contribution < -0.4 is 20.1 Å². The predicted molar refractivity (Wildman–Crippen MR) is 95.7 cm³/mol. The van der Waals surface area contributed by atoms with Crippen molar-refractivity contribution < 1.29 is 24.2 Å². The number of hydrogen-bond acceptors (Lipinski definition) is 5. The second-order valence-electron chi connectivity index (χ2n) is 5.94. The van der Waals surface area contributed by atoms with Crippen LogP contribution in [0.3, 0.4) is 0 Å². The molecule has 26 heavy (non-hydrogen) atoms. The lowest BCUT2D eigenvalue weighted by molar-refractivity contribution is -0.126. The van der Waals surface area contributed by atoms with Crippen LogP contribution >= 0.6 is 0 Å². The number of ether oxygens (including phenoxy) is 2. The number of carbonyl (C=O) groups excluding carboxylic acids is 1. The van der Waals surface area contributed by atoms with Crippen LogP contribution in [0, 0.1) is 0 Å². The summed E-state index contributed by atoms with van der Waals surface area (Å²) in [5, 5.41) is 9.25. The first-order chi connectivity index (χ1) is 12.5. The molecule has 3 rings (SSSR count). The number of rotatable bonds is 6. The van der Waals surface area contributed by atoms with E-state index in [1.54, 1.807) is 18.1 Å². The zero-order chi connectivity index (χ0) is 18.7. The van der Waals surface area contributed by atoms with Gasteiger partial charge in [-0.3, -0.25) is 4.79 Å². The van der Waals surface area contributed by atoms with Gasteiger partial charge in [0.1, 0.15) is 11.5 Å². The Morgan fingerprint density at radius 3 is 2.62 bits per heavy atom. The van der Waals surface area contributed by atoms with Gasteiger partial charge in [0.2, 0.25) is 0 Å². The van der Waals surface area contributed by atoms with E-state index < -0.39 is 12.1 Å². The Kier molecular flexibility index (Phi) is 5.09. The molecule has 0 aromatic heterocycles. The maximum atomic E-state index is 12.9. The van der Waals surface area contributed by atoms with E-state index in [1.165, 1.54) is 12.1 Å². The molecule has 1 aliphatic heterocycles. The fourth-order valence-corrected chi connectivity index (χ4v) is 2.87.